The lowest BCUT2D eigenvalue weighted by atomic mass is 10.3. The molecule has 2 rings (SSSR count). The molecular formula is C9H9N5O. The molecule has 15 heavy (non-hydrogen) atoms. The molecule has 6 heteroatoms. The molecule has 6 nitrogen and oxygen atoms in total. The number of hydrogen-bond acceptors (Lipinski definition) is 6. The molecule has 0 saturated carbocycles. The zero-order chi connectivity index (χ0) is 10.7. The van der Waals surface area contributed by atoms with Crippen LogP contribution in [-0.4, -0.2) is 27.0 Å². The van der Waals surface area contributed by atoms with E-state index in [0.717, 1.165) is 0 Å². The van der Waals surface area contributed by atoms with E-state index in [9.17, 15) is 0 Å². The Hall–Kier alpha value is -2.24. The van der Waals surface area contributed by atoms with Gasteiger partial charge in [-0.1, -0.05) is 0 Å². The van der Waals surface area contributed by atoms with Gasteiger partial charge in [-0.15, -0.1) is 0 Å². The van der Waals surface area contributed by atoms with Gasteiger partial charge in [0.05, 0.1) is 7.11 Å². The number of aromatic nitrogens is 4. The van der Waals surface area contributed by atoms with Gasteiger partial charge in [0.2, 0.25) is 5.88 Å². The van der Waals surface area contributed by atoms with Crippen LogP contribution in [0.2, 0.25) is 0 Å². The van der Waals surface area contributed by atoms with Crippen LogP contribution >= 0.6 is 0 Å². The van der Waals surface area contributed by atoms with Crippen LogP contribution in [0.15, 0.2) is 24.7 Å². The lowest BCUT2D eigenvalue weighted by Crippen LogP contribution is -1.97. The summed E-state index contributed by atoms with van der Waals surface area (Å²) in [5, 5.41) is 0. The van der Waals surface area contributed by atoms with Crippen molar-refractivity contribution in [3.8, 4) is 17.4 Å². The first kappa shape index (κ1) is 9.32. The number of nitrogen functional groups attached to an aromatic ring is 1. The minimum Gasteiger partial charge on any atom is -0.481 e. The molecule has 0 aliphatic heterocycles. The molecular weight excluding hydrogens is 194 g/mol. The number of nitrogens with two attached hydrogens (primary N) is 1. The molecule has 0 aliphatic carbocycles. The normalized spacial score (nSPS) is 9.93. The van der Waals surface area contributed by atoms with E-state index in [2.05, 4.69) is 19.9 Å². The maximum Gasteiger partial charge on any atom is 0.216 e. The highest BCUT2D eigenvalue weighted by Gasteiger charge is 2.04. The summed E-state index contributed by atoms with van der Waals surface area (Å²) >= 11 is 0. The first-order valence-electron chi connectivity index (χ1n) is 4.24. The third kappa shape index (κ3) is 1.98. The Morgan fingerprint density at radius 2 is 2.13 bits per heavy atom. The van der Waals surface area contributed by atoms with E-state index in [1.165, 1.54) is 13.4 Å². The summed E-state index contributed by atoms with van der Waals surface area (Å²) in [6, 6.07) is 3.26. The molecule has 0 atom stereocenters. The van der Waals surface area contributed by atoms with Crippen LogP contribution < -0.4 is 10.5 Å². The third-order valence-electron chi connectivity index (χ3n) is 1.76. The van der Waals surface area contributed by atoms with E-state index in [4.69, 9.17) is 10.5 Å². The van der Waals surface area contributed by atoms with E-state index in [0.29, 0.717) is 23.2 Å². The van der Waals surface area contributed by atoms with Crippen molar-refractivity contribution in [2.75, 3.05) is 12.8 Å². The largest absolute Gasteiger partial charge is 0.481 e. The van der Waals surface area contributed by atoms with E-state index >= 15 is 0 Å². The van der Waals surface area contributed by atoms with Gasteiger partial charge in [-0.05, 0) is 6.07 Å². The number of methoxy groups -OCH3 is 1. The Bertz CT molecular complexity index is 474. The number of hydrogen-bond donors (Lipinski definition) is 1. The van der Waals surface area contributed by atoms with E-state index in [-0.39, 0.29) is 0 Å². The predicted molar refractivity (Wildman–Crippen MR) is 54.0 cm³/mol. The highest BCUT2D eigenvalue weighted by atomic mass is 16.5. The lowest BCUT2D eigenvalue weighted by Gasteiger charge is -2.01. The number of nitrogens with zero attached hydrogens (tertiary/aromatic N) is 4. The van der Waals surface area contributed by atoms with Crippen molar-refractivity contribution in [1.29, 1.82) is 0 Å². The highest BCUT2D eigenvalue weighted by Crippen LogP contribution is 2.15. The molecule has 2 aromatic rings. The van der Waals surface area contributed by atoms with Crippen molar-refractivity contribution in [3.63, 3.8) is 0 Å². The van der Waals surface area contributed by atoms with Gasteiger partial charge in [0, 0.05) is 12.3 Å². The summed E-state index contributed by atoms with van der Waals surface area (Å²) in [5.74, 6) is 1.32. The monoisotopic (exact) mass is 203 g/mol. The van der Waals surface area contributed by atoms with E-state index in [1.54, 1.807) is 18.3 Å². The van der Waals surface area contributed by atoms with E-state index in [1.807, 2.05) is 0 Å². The van der Waals surface area contributed by atoms with Gasteiger partial charge in [0.25, 0.3) is 0 Å². The molecule has 0 unspecified atom stereocenters. The van der Waals surface area contributed by atoms with Gasteiger partial charge in [-0.3, -0.25) is 0 Å². The first-order valence-corrected chi connectivity index (χ1v) is 4.24. The third-order valence-corrected chi connectivity index (χ3v) is 1.76. The molecule has 0 spiro atoms. The quantitative estimate of drug-likeness (QED) is 0.765. The van der Waals surface area contributed by atoms with Crippen molar-refractivity contribution in [2.45, 2.75) is 0 Å². The standard InChI is InChI=1S/C9H9N5O/c1-15-8-4-6(12-5-13-8)9-11-3-2-7(10)14-9/h2-5H,1H3,(H2,10,11,14). The van der Waals surface area contributed by atoms with Crippen LogP contribution in [0.3, 0.4) is 0 Å². The minimum atomic E-state index is 0.401. The average Bonchev–Trinajstić information content (AvgIpc) is 2.29. The molecule has 2 aromatic heterocycles. The highest BCUT2D eigenvalue weighted by molar-refractivity contribution is 5.51. The zero-order valence-corrected chi connectivity index (χ0v) is 8.08. The van der Waals surface area contributed by atoms with Crippen molar-refractivity contribution in [1.82, 2.24) is 19.9 Å². The second-order valence-electron chi connectivity index (χ2n) is 2.75. The van der Waals surface area contributed by atoms with E-state index < -0.39 is 0 Å². The Morgan fingerprint density at radius 3 is 2.87 bits per heavy atom. The summed E-state index contributed by atoms with van der Waals surface area (Å²) in [6.45, 7) is 0. The molecule has 0 aromatic carbocycles. The topological polar surface area (TPSA) is 86.8 Å². The molecule has 0 aliphatic rings. The summed E-state index contributed by atoms with van der Waals surface area (Å²) in [4.78, 5) is 16.0. The summed E-state index contributed by atoms with van der Waals surface area (Å²) < 4.78 is 4.97. The fourth-order valence-corrected chi connectivity index (χ4v) is 1.07. The molecule has 0 radical (unpaired) electrons. The van der Waals surface area contributed by atoms with Gasteiger partial charge in [0.1, 0.15) is 17.8 Å². The van der Waals surface area contributed by atoms with Crippen LogP contribution in [0.5, 0.6) is 5.88 Å². The van der Waals surface area contributed by atoms with Crippen molar-refractivity contribution in [3.05, 3.63) is 24.7 Å². The zero-order valence-electron chi connectivity index (χ0n) is 8.08. The molecule has 2 N–H and O–H groups in total. The molecule has 76 valence electrons. The van der Waals surface area contributed by atoms with Crippen LogP contribution in [0, 0.1) is 0 Å². The molecule has 0 saturated heterocycles. The van der Waals surface area contributed by atoms with Gasteiger partial charge >= 0.3 is 0 Å². The Morgan fingerprint density at radius 1 is 1.27 bits per heavy atom. The second-order valence-corrected chi connectivity index (χ2v) is 2.75. The molecule has 0 bridgehead atoms. The Balaban J connectivity index is 2.44. The van der Waals surface area contributed by atoms with Gasteiger partial charge in [-0.25, -0.2) is 19.9 Å². The van der Waals surface area contributed by atoms with Crippen LogP contribution in [0.4, 0.5) is 5.82 Å². The van der Waals surface area contributed by atoms with Crippen molar-refractivity contribution < 1.29 is 4.74 Å². The summed E-state index contributed by atoms with van der Waals surface area (Å²) in [7, 11) is 1.53. The van der Waals surface area contributed by atoms with Crippen LogP contribution in [0.25, 0.3) is 11.5 Å². The van der Waals surface area contributed by atoms with Crippen LogP contribution in [0.1, 0.15) is 0 Å². The van der Waals surface area contributed by atoms with Crippen molar-refractivity contribution in [2.24, 2.45) is 0 Å². The Kier molecular flexibility index (Phi) is 2.40. The maximum atomic E-state index is 5.54. The molecule has 2 heterocycles. The summed E-state index contributed by atoms with van der Waals surface area (Å²) in [6.07, 6.45) is 2.97. The minimum absolute atomic E-state index is 0.401. The number of ether oxygens (including phenoxy) is 1. The summed E-state index contributed by atoms with van der Waals surface area (Å²) in [5.41, 5.74) is 6.12. The van der Waals surface area contributed by atoms with Gasteiger partial charge < -0.3 is 10.5 Å². The second kappa shape index (κ2) is 3.87. The SMILES string of the molecule is COc1cc(-c2nccc(N)n2)ncn1. The molecule has 0 fully saturated rings. The number of anilines is 1. The van der Waals surface area contributed by atoms with Crippen molar-refractivity contribution >= 4 is 5.82 Å². The molecule has 0 amide bonds. The van der Waals surface area contributed by atoms with Gasteiger partial charge in [0.15, 0.2) is 5.82 Å². The van der Waals surface area contributed by atoms with Crippen LogP contribution in [-0.2, 0) is 0 Å². The lowest BCUT2D eigenvalue weighted by molar-refractivity contribution is 0.397. The average molecular weight is 203 g/mol. The number of rotatable bonds is 2. The predicted octanol–water partition coefficient (Wildman–Crippen LogP) is 0.524. The fourth-order valence-electron chi connectivity index (χ4n) is 1.07. The fraction of sp³-hybridized carbons (Fsp3) is 0.111. The maximum absolute atomic E-state index is 5.54. The van der Waals surface area contributed by atoms with Gasteiger partial charge in [-0.2, -0.15) is 0 Å². The smallest absolute Gasteiger partial charge is 0.216 e. The Labute approximate surface area is 86.2 Å². The first-order chi connectivity index (χ1) is 7.29.